The van der Waals surface area contributed by atoms with Gasteiger partial charge in [0.15, 0.2) is 0 Å². The maximum absolute atomic E-state index is 8.79. The van der Waals surface area contributed by atoms with E-state index in [4.69, 9.17) is 5.26 Å². The van der Waals surface area contributed by atoms with Gasteiger partial charge in [-0.15, -0.1) is 168 Å². The first-order chi connectivity index (χ1) is 61.6. The largest absolute Gasteiger partial charge is 0.504 e. The van der Waals surface area contributed by atoms with Crippen LogP contribution in [0.1, 0.15) is 160 Å². The van der Waals surface area contributed by atoms with Crippen LogP contribution in [-0.4, -0.2) is 55.2 Å². The van der Waals surface area contributed by atoms with Crippen molar-refractivity contribution in [1.29, 1.82) is 5.26 Å². The molecule has 132 heavy (non-hydrogen) atoms. The molecule has 7 heterocycles. The number of hydrogen-bond acceptors (Lipinski definition) is 11. The maximum Gasteiger partial charge on any atom is 0.145 e. The van der Waals surface area contributed by atoms with E-state index in [1.165, 1.54) is 78.4 Å². The number of anilines is 7. The Morgan fingerprint density at radius 1 is 0.318 bits per heavy atom. The van der Waals surface area contributed by atoms with Gasteiger partial charge in [0.25, 0.3) is 0 Å². The van der Waals surface area contributed by atoms with Gasteiger partial charge in [-0.3, -0.25) is 19.9 Å². The molecule has 0 saturated carbocycles. The Balaban J connectivity index is 0.000000177. The summed E-state index contributed by atoms with van der Waals surface area (Å²) in [5.41, 5.74) is 28.1. The number of para-hydroxylation sites is 6. The number of nitrogens with zero attached hydrogens (tertiary/aromatic N) is 15. The van der Waals surface area contributed by atoms with Gasteiger partial charge in [0.1, 0.15) is 11.6 Å². The van der Waals surface area contributed by atoms with Crippen LogP contribution in [-0.2, 0) is 101 Å². The Morgan fingerprint density at radius 2 is 0.697 bits per heavy atom. The van der Waals surface area contributed by atoms with Crippen molar-refractivity contribution in [2.75, 3.05) is 26.6 Å². The zero-order chi connectivity index (χ0) is 89.2. The van der Waals surface area contributed by atoms with Gasteiger partial charge in [-0.05, 0) is 146 Å². The Morgan fingerprint density at radius 3 is 1.09 bits per heavy atom. The molecule has 0 fully saturated rings. The SMILES string of the molecule is CC(C)c1cc(C(C)C)c(-n2ccnc2-c2[c-]cccc2)c(C(C)C)c1.CC(C)c1cccc(C(C)C)c1-n1ccnc1-c1[c-]cccc1.CN1[CH-]N(c2[c-]cc(C#N)cc2)c2ccccc21.Cc1cc(C)c(-n2ccnc2-c2[c-]cccc2)c(C)c1.Cc1cccc(C)c1-n1ccnc1-c1[c-]cccc1.[Ir].[Ir].[Ir].[Ir].[Ir].[c-]1ccccc1N1[CH-]N(c2ccccc2)c2nccnc21. The average Bonchev–Trinajstić information content (AvgIpc) is 1.68. The van der Waals surface area contributed by atoms with Crippen LogP contribution in [0.15, 0.2) is 317 Å². The van der Waals surface area contributed by atoms with Gasteiger partial charge in [0, 0.05) is 208 Å². The van der Waals surface area contributed by atoms with Gasteiger partial charge in [-0.1, -0.05) is 171 Å². The van der Waals surface area contributed by atoms with Crippen molar-refractivity contribution in [3.8, 4) is 74.4 Å². The summed E-state index contributed by atoms with van der Waals surface area (Å²) in [4.78, 5) is 35.3. The molecule has 2 aliphatic rings. The van der Waals surface area contributed by atoms with Gasteiger partial charge in [-0.2, -0.15) is 55.2 Å². The van der Waals surface area contributed by atoms with Gasteiger partial charge in [0.05, 0.1) is 23.3 Å². The second-order valence-electron chi connectivity index (χ2n) is 33.0. The summed E-state index contributed by atoms with van der Waals surface area (Å²) in [5, 5.41) is 8.79. The van der Waals surface area contributed by atoms with Crippen LogP contribution in [0.2, 0.25) is 0 Å². The summed E-state index contributed by atoms with van der Waals surface area (Å²) >= 11 is 0. The minimum absolute atomic E-state index is 0. The third-order valence-corrected chi connectivity index (χ3v) is 22.2. The molecule has 5 radical (unpaired) electrons. The first kappa shape index (κ1) is 104. The van der Waals surface area contributed by atoms with E-state index in [1.54, 1.807) is 24.5 Å². The summed E-state index contributed by atoms with van der Waals surface area (Å²) in [6.07, 6.45) is 19.0. The van der Waals surface area contributed by atoms with Gasteiger partial charge >= 0.3 is 0 Å². The van der Waals surface area contributed by atoms with Crippen molar-refractivity contribution in [1.82, 2.24) is 48.2 Å². The fraction of sp³-hybridized carbons (Fsp3) is 0.188. The molecule has 20 heteroatoms. The number of aromatic nitrogens is 10. The van der Waals surface area contributed by atoms with Crippen molar-refractivity contribution in [3.63, 3.8) is 0 Å². The molecule has 0 amide bonds. The normalized spacial score (nSPS) is 11.4. The standard InChI is InChI=1S/C24H29N2.C21H23N2.C18H17N2.C17H12N4.C17H15N2.C15H11N3.5Ir/c1-16(2)20-14-21(17(3)4)23(22(15-20)18(5)6)26-13-12-25-24(26)19-10-8-7-9-11-19;1-15(2)18-11-8-12-19(16(3)4)20(18)23-14-13-22-21(23)17-9-6-5-7-10-17;1-13-11-14(2)17(15(3)12-13)20-10-9-19-18(20)16-7-5-4-6-8-16;1-3-7-14(8-4-1)20-13-21(15-9-5-2-6-10-15)17-16(20)18-11-12-19-17;1-13-7-6-8-14(2)16(13)19-12-11-18-17(19)15-9-4-3-5-10-15;1-17-11-18(15-5-3-2-4-14(15)17)13-8-6-12(10-16)7-9-13;;;;;/h7-10,12-18H,1-6H3;5-9,11-16H,1-4H3;4-7,9-12H,1-3H3;1-9,11-13H;3-9,11-12H,1-2H3;2-8,11H,1H3;;;;;/q3*-1;-2;-1;-2;;;;;. The summed E-state index contributed by atoms with van der Waals surface area (Å²) in [6, 6.07) is 107. The molecule has 0 N–H and O–H groups in total. The molecule has 0 saturated heterocycles. The summed E-state index contributed by atoms with van der Waals surface area (Å²) in [6.45, 7) is 37.3. The fourth-order valence-corrected chi connectivity index (χ4v) is 16.1. The quantitative estimate of drug-likeness (QED) is 0.0856. The van der Waals surface area contributed by atoms with Crippen molar-refractivity contribution < 1.29 is 101 Å². The van der Waals surface area contributed by atoms with Crippen LogP contribution in [0.25, 0.3) is 68.3 Å². The number of hydrogen-bond donors (Lipinski definition) is 0. The van der Waals surface area contributed by atoms with Crippen molar-refractivity contribution >= 4 is 40.1 Å². The monoisotopic (exact) mass is 2630 g/mol. The number of nitriles is 1. The molecule has 12 aromatic carbocycles. The van der Waals surface area contributed by atoms with Crippen LogP contribution >= 0.6 is 0 Å². The molecule has 2 aliphatic heterocycles. The van der Waals surface area contributed by atoms with E-state index in [-0.39, 0.29) is 101 Å². The zero-order valence-corrected chi connectivity index (χ0v) is 88.9. The van der Waals surface area contributed by atoms with Crippen molar-refractivity contribution in [3.05, 3.63) is 428 Å². The average molecular weight is 2620 g/mol. The molecule has 0 aliphatic carbocycles. The smallest absolute Gasteiger partial charge is 0.145 e. The number of aryl methyl sites for hydroxylation is 5. The van der Waals surface area contributed by atoms with E-state index in [1.807, 2.05) is 225 Å². The Bertz CT molecular complexity index is 6350. The molecule has 0 spiro atoms. The summed E-state index contributed by atoms with van der Waals surface area (Å²) in [7, 11) is 2.02. The zero-order valence-electron chi connectivity index (χ0n) is 76.9. The van der Waals surface area contributed by atoms with Gasteiger partial charge in [-0.25, -0.2) is 15.2 Å². The van der Waals surface area contributed by atoms with Gasteiger partial charge in [0.2, 0.25) is 0 Å². The molecular weight excluding hydrogens is 2520 g/mol. The maximum atomic E-state index is 8.79. The first-order valence-corrected chi connectivity index (χ1v) is 43.3. The molecule has 683 valence electrons. The first-order valence-electron chi connectivity index (χ1n) is 43.3. The Hall–Kier alpha value is -11.5. The molecule has 19 rings (SSSR count). The van der Waals surface area contributed by atoms with Crippen molar-refractivity contribution in [2.45, 2.75) is 133 Å². The summed E-state index contributed by atoms with van der Waals surface area (Å²) in [5.74, 6) is 7.70. The van der Waals surface area contributed by atoms with Crippen molar-refractivity contribution in [2.24, 2.45) is 0 Å². The Labute approximate surface area is 848 Å². The third-order valence-electron chi connectivity index (χ3n) is 22.2. The van der Waals surface area contributed by atoms with Crippen LogP contribution in [0.4, 0.5) is 40.1 Å². The van der Waals surface area contributed by atoms with E-state index < -0.39 is 0 Å². The van der Waals surface area contributed by atoms with E-state index >= 15 is 0 Å². The predicted molar refractivity (Wildman–Crippen MR) is 519 cm³/mol. The van der Waals surface area contributed by atoms with E-state index in [9.17, 15) is 0 Å². The van der Waals surface area contributed by atoms with E-state index in [2.05, 4.69) is 302 Å². The third kappa shape index (κ3) is 24.5. The Kier molecular flexibility index (Phi) is 38.9. The predicted octanol–water partition coefficient (Wildman–Crippen LogP) is 27.3. The van der Waals surface area contributed by atoms with E-state index in [0.717, 1.165) is 85.6 Å². The number of benzene rings is 12. The van der Waals surface area contributed by atoms with Crippen LogP contribution in [0.5, 0.6) is 0 Å². The molecule has 0 bridgehead atoms. The number of imidazole rings is 4. The summed E-state index contributed by atoms with van der Waals surface area (Å²) < 4.78 is 8.75. The van der Waals surface area contributed by atoms with Crippen LogP contribution in [0, 0.1) is 95.7 Å². The number of rotatable bonds is 16. The minimum atomic E-state index is 0. The molecule has 0 unspecified atom stereocenters. The van der Waals surface area contributed by atoms with E-state index in [0.29, 0.717) is 35.2 Å². The topological polar surface area (TPSA) is 134 Å². The second kappa shape index (κ2) is 49.3. The fourth-order valence-electron chi connectivity index (χ4n) is 16.1. The molecule has 15 nitrogen and oxygen atoms in total. The van der Waals surface area contributed by atoms with Crippen LogP contribution in [0.3, 0.4) is 0 Å². The molecule has 17 aromatic rings. The minimum Gasteiger partial charge on any atom is -0.504 e. The van der Waals surface area contributed by atoms with Gasteiger partial charge < -0.3 is 37.9 Å². The second-order valence-corrected chi connectivity index (χ2v) is 33.0. The molecule has 0 atom stereocenters. The number of fused-ring (bicyclic) bond motifs is 2. The van der Waals surface area contributed by atoms with Crippen LogP contribution < -0.4 is 19.6 Å². The molecular formula is C112H107Ir5N15-8. The molecule has 5 aromatic heterocycles.